The minimum atomic E-state index is -4.57. The van der Waals surface area contributed by atoms with Gasteiger partial charge in [0.25, 0.3) is 5.91 Å². The van der Waals surface area contributed by atoms with Crippen LogP contribution in [0, 0.1) is 5.92 Å². The molecular weight excluding hydrogens is 529 g/mol. The SMILES string of the molecule is CCCCC[C@@H](C(=O)NCNC(=O)c1ccnc(-c2ccc(P(=O)(O)O)c(OCC)c2)n1)[C@@H](CC)N(O)C=O. The molecule has 0 unspecified atom stereocenters. The summed E-state index contributed by atoms with van der Waals surface area (Å²) >= 11 is 0. The molecule has 14 heteroatoms. The monoisotopic (exact) mass is 565 g/mol. The number of hydrogen-bond acceptors (Lipinski definition) is 8. The third-order valence-corrected chi connectivity index (χ3v) is 7.01. The maximum Gasteiger partial charge on any atom is 0.359 e. The van der Waals surface area contributed by atoms with Crippen molar-refractivity contribution >= 4 is 31.1 Å². The Morgan fingerprint density at radius 3 is 2.51 bits per heavy atom. The molecule has 39 heavy (non-hydrogen) atoms. The van der Waals surface area contributed by atoms with Crippen LogP contribution in [0.3, 0.4) is 0 Å². The van der Waals surface area contributed by atoms with Crippen LogP contribution in [-0.4, -0.2) is 67.6 Å². The zero-order valence-electron chi connectivity index (χ0n) is 22.2. The molecule has 0 fully saturated rings. The minimum Gasteiger partial charge on any atom is -0.493 e. The first-order valence-corrected chi connectivity index (χ1v) is 14.3. The normalized spacial score (nSPS) is 12.8. The molecule has 2 aromatic rings. The molecule has 0 bridgehead atoms. The van der Waals surface area contributed by atoms with Gasteiger partial charge in [-0.3, -0.25) is 24.2 Å². The zero-order chi connectivity index (χ0) is 29.0. The lowest BCUT2D eigenvalue weighted by Gasteiger charge is -2.29. The van der Waals surface area contributed by atoms with Gasteiger partial charge in [0.1, 0.15) is 16.7 Å². The summed E-state index contributed by atoms with van der Waals surface area (Å²) in [5, 5.41) is 15.4. The summed E-state index contributed by atoms with van der Waals surface area (Å²) in [7, 11) is -4.57. The first-order valence-electron chi connectivity index (χ1n) is 12.7. The number of amides is 3. The van der Waals surface area contributed by atoms with Crippen LogP contribution in [-0.2, 0) is 14.2 Å². The number of carbonyl (C=O) groups excluding carboxylic acids is 3. The Balaban J connectivity index is 2.12. The molecule has 0 aliphatic rings. The molecule has 1 heterocycles. The van der Waals surface area contributed by atoms with E-state index in [-0.39, 0.29) is 42.3 Å². The van der Waals surface area contributed by atoms with Crippen molar-refractivity contribution < 1.29 is 38.7 Å². The molecule has 0 spiro atoms. The van der Waals surface area contributed by atoms with Crippen LogP contribution in [0.15, 0.2) is 30.5 Å². The second-order valence-electron chi connectivity index (χ2n) is 8.71. The summed E-state index contributed by atoms with van der Waals surface area (Å²) in [5.41, 5.74) is 0.377. The third kappa shape index (κ3) is 9.10. The molecule has 0 saturated carbocycles. The van der Waals surface area contributed by atoms with Crippen LogP contribution < -0.4 is 20.7 Å². The molecule has 0 aliphatic heterocycles. The topological polar surface area (TPSA) is 191 Å². The van der Waals surface area contributed by atoms with Crippen molar-refractivity contribution in [2.75, 3.05) is 13.3 Å². The number of nitrogens with one attached hydrogen (secondary N) is 2. The summed E-state index contributed by atoms with van der Waals surface area (Å²) in [6, 6.07) is 4.72. The van der Waals surface area contributed by atoms with Gasteiger partial charge in [-0.25, -0.2) is 15.0 Å². The van der Waals surface area contributed by atoms with Gasteiger partial charge in [-0.2, -0.15) is 0 Å². The predicted molar refractivity (Wildman–Crippen MR) is 142 cm³/mol. The summed E-state index contributed by atoms with van der Waals surface area (Å²) in [6.07, 6.45) is 5.06. The quantitative estimate of drug-likeness (QED) is 0.0502. The summed E-state index contributed by atoms with van der Waals surface area (Å²) < 4.78 is 17.1. The fourth-order valence-electron chi connectivity index (χ4n) is 4.07. The summed E-state index contributed by atoms with van der Waals surface area (Å²) in [5.74, 6) is -1.55. The highest BCUT2D eigenvalue weighted by molar-refractivity contribution is 7.60. The Kier molecular flexibility index (Phi) is 12.5. The van der Waals surface area contributed by atoms with E-state index < -0.39 is 31.4 Å². The van der Waals surface area contributed by atoms with E-state index >= 15 is 0 Å². The summed E-state index contributed by atoms with van der Waals surface area (Å²) in [4.78, 5) is 64.2. The van der Waals surface area contributed by atoms with E-state index in [0.29, 0.717) is 23.5 Å². The van der Waals surface area contributed by atoms with Gasteiger partial charge in [-0.05, 0) is 44.0 Å². The second kappa shape index (κ2) is 15.3. The van der Waals surface area contributed by atoms with Gasteiger partial charge >= 0.3 is 7.60 Å². The number of rotatable bonds is 16. The maximum absolute atomic E-state index is 12.9. The Morgan fingerprint density at radius 2 is 1.90 bits per heavy atom. The van der Waals surface area contributed by atoms with E-state index in [2.05, 4.69) is 20.6 Å². The molecule has 0 saturated heterocycles. The van der Waals surface area contributed by atoms with Crippen molar-refractivity contribution in [3.63, 3.8) is 0 Å². The van der Waals surface area contributed by atoms with E-state index in [1.54, 1.807) is 13.8 Å². The van der Waals surface area contributed by atoms with Gasteiger partial charge in [-0.15, -0.1) is 0 Å². The van der Waals surface area contributed by atoms with Crippen LogP contribution >= 0.6 is 7.60 Å². The lowest BCUT2D eigenvalue weighted by atomic mass is 9.90. The third-order valence-electron chi connectivity index (χ3n) is 6.02. The largest absolute Gasteiger partial charge is 0.493 e. The number of benzene rings is 1. The average molecular weight is 566 g/mol. The smallest absolute Gasteiger partial charge is 0.359 e. The fraction of sp³-hybridized carbons (Fsp3) is 0.480. The lowest BCUT2D eigenvalue weighted by Crippen LogP contribution is -2.47. The molecule has 0 aliphatic carbocycles. The van der Waals surface area contributed by atoms with Crippen LogP contribution in [0.1, 0.15) is 63.4 Å². The number of ether oxygens (including phenoxy) is 1. The Morgan fingerprint density at radius 1 is 1.15 bits per heavy atom. The highest BCUT2D eigenvalue weighted by Gasteiger charge is 2.30. The second-order valence-corrected chi connectivity index (χ2v) is 10.3. The first kappa shape index (κ1) is 31.8. The number of carbonyl (C=O) groups is 3. The molecule has 5 N–H and O–H groups in total. The fourth-order valence-corrected chi connectivity index (χ4v) is 4.75. The lowest BCUT2D eigenvalue weighted by molar-refractivity contribution is -0.168. The molecule has 0 radical (unpaired) electrons. The Hall–Kier alpha value is -3.38. The predicted octanol–water partition coefficient (Wildman–Crippen LogP) is 1.97. The van der Waals surface area contributed by atoms with Crippen LogP contribution in [0.2, 0.25) is 0 Å². The molecular formula is C25H36N5O8P. The van der Waals surface area contributed by atoms with Crippen molar-refractivity contribution in [1.29, 1.82) is 0 Å². The number of nitrogens with zero attached hydrogens (tertiary/aromatic N) is 3. The van der Waals surface area contributed by atoms with E-state index in [1.165, 1.54) is 30.5 Å². The van der Waals surface area contributed by atoms with E-state index in [9.17, 15) is 33.9 Å². The van der Waals surface area contributed by atoms with Gasteiger partial charge in [-0.1, -0.05) is 33.1 Å². The molecule has 1 aromatic heterocycles. The van der Waals surface area contributed by atoms with Gasteiger partial charge < -0.3 is 25.2 Å². The Labute approximate surface area is 227 Å². The Bertz CT molecular complexity index is 1170. The van der Waals surface area contributed by atoms with Gasteiger partial charge in [0, 0.05) is 11.8 Å². The number of unbranched alkanes of at least 4 members (excludes halogenated alkanes) is 2. The molecule has 13 nitrogen and oxygen atoms in total. The number of aromatic nitrogens is 2. The standard InChI is InChI=1S/C25H36N5O8P/c1-4-7-8-9-18(20(5-2)30(34)16-31)24(32)27-15-28-25(33)19-12-13-26-23(29-19)17-10-11-22(39(35,36)37)21(14-17)38-6-3/h10-14,16,18,20,34H,4-9,15H2,1-3H3,(H,27,32)(H,28,33)(H2,35,36,37)/t18-,20-/m1/s1. The van der Waals surface area contributed by atoms with Crippen molar-refractivity contribution in [2.24, 2.45) is 5.92 Å². The van der Waals surface area contributed by atoms with Gasteiger partial charge in [0.15, 0.2) is 5.82 Å². The molecule has 2 atom stereocenters. The van der Waals surface area contributed by atoms with Gasteiger partial charge in [0.2, 0.25) is 12.3 Å². The molecule has 3 amide bonds. The minimum absolute atomic E-state index is 0.000285. The average Bonchev–Trinajstić information content (AvgIpc) is 2.91. The summed E-state index contributed by atoms with van der Waals surface area (Å²) in [6.45, 7) is 5.43. The molecule has 1 aromatic carbocycles. The van der Waals surface area contributed by atoms with Crippen molar-refractivity contribution in [3.8, 4) is 17.1 Å². The molecule has 214 valence electrons. The van der Waals surface area contributed by atoms with Crippen LogP contribution in [0.25, 0.3) is 11.4 Å². The van der Waals surface area contributed by atoms with Crippen LogP contribution in [0.5, 0.6) is 5.75 Å². The highest BCUT2D eigenvalue weighted by Crippen LogP contribution is 2.38. The van der Waals surface area contributed by atoms with E-state index in [4.69, 9.17) is 4.74 Å². The molecule has 2 rings (SSSR count). The van der Waals surface area contributed by atoms with Crippen molar-refractivity contribution in [3.05, 3.63) is 36.2 Å². The maximum atomic E-state index is 12.9. The van der Waals surface area contributed by atoms with Crippen LogP contribution in [0.4, 0.5) is 0 Å². The van der Waals surface area contributed by atoms with E-state index in [1.807, 2.05) is 6.92 Å². The highest BCUT2D eigenvalue weighted by atomic mass is 31.2. The zero-order valence-corrected chi connectivity index (χ0v) is 23.1. The number of hydrogen-bond donors (Lipinski definition) is 5. The van der Waals surface area contributed by atoms with Gasteiger partial charge in [0.05, 0.1) is 25.2 Å². The first-order chi connectivity index (χ1) is 18.6. The van der Waals surface area contributed by atoms with E-state index in [0.717, 1.165) is 19.3 Å². The van der Waals surface area contributed by atoms with Crippen molar-refractivity contribution in [1.82, 2.24) is 25.7 Å². The number of hydroxylamine groups is 2. The van der Waals surface area contributed by atoms with Crippen molar-refractivity contribution in [2.45, 2.75) is 58.9 Å².